The summed E-state index contributed by atoms with van der Waals surface area (Å²) in [7, 11) is 1.34. The van der Waals surface area contributed by atoms with Gasteiger partial charge in [-0.15, -0.1) is 0 Å². The van der Waals surface area contributed by atoms with Crippen molar-refractivity contribution in [3.05, 3.63) is 29.6 Å². The van der Waals surface area contributed by atoms with Gasteiger partial charge in [0.15, 0.2) is 0 Å². The van der Waals surface area contributed by atoms with Crippen molar-refractivity contribution in [3.8, 4) is 5.75 Å². The van der Waals surface area contributed by atoms with Gasteiger partial charge in [-0.2, -0.15) is 13.2 Å². The van der Waals surface area contributed by atoms with E-state index in [4.69, 9.17) is 10.5 Å². The van der Waals surface area contributed by atoms with E-state index in [0.717, 1.165) is 6.07 Å². The Kier molecular flexibility index (Phi) is 3.74. The van der Waals surface area contributed by atoms with Crippen LogP contribution in [-0.4, -0.2) is 13.3 Å². The molecule has 1 aromatic carbocycles. The molecule has 2 nitrogen and oxygen atoms in total. The Labute approximate surface area is 90.0 Å². The first-order valence-electron chi connectivity index (χ1n) is 4.49. The summed E-state index contributed by atoms with van der Waals surface area (Å²) in [4.78, 5) is 0. The highest BCUT2D eigenvalue weighted by Crippen LogP contribution is 2.30. The SMILES string of the molecule is COc1ccc([C@H](N)CC(F)(F)F)c(F)c1. The van der Waals surface area contributed by atoms with Crippen LogP contribution in [0.25, 0.3) is 0 Å². The first-order valence-corrected chi connectivity index (χ1v) is 4.49. The van der Waals surface area contributed by atoms with Gasteiger partial charge in [-0.1, -0.05) is 6.07 Å². The lowest BCUT2D eigenvalue weighted by atomic mass is 10.0. The predicted octanol–water partition coefficient (Wildman–Crippen LogP) is 2.79. The highest BCUT2D eigenvalue weighted by Gasteiger charge is 2.31. The number of halogens is 4. The third kappa shape index (κ3) is 3.37. The minimum atomic E-state index is -4.41. The third-order valence-electron chi connectivity index (χ3n) is 2.06. The van der Waals surface area contributed by atoms with Crippen molar-refractivity contribution >= 4 is 0 Å². The van der Waals surface area contributed by atoms with Crippen LogP contribution >= 0.6 is 0 Å². The summed E-state index contributed by atoms with van der Waals surface area (Å²) in [6, 6.07) is 2.18. The second-order valence-electron chi connectivity index (χ2n) is 3.31. The lowest BCUT2D eigenvalue weighted by Gasteiger charge is -2.15. The van der Waals surface area contributed by atoms with Gasteiger partial charge >= 0.3 is 6.18 Å². The second kappa shape index (κ2) is 4.69. The standard InChI is InChI=1S/C10H11F4NO/c1-16-6-2-3-7(8(11)4-6)9(15)5-10(12,13)14/h2-4,9H,5,15H2,1H3/t9-/m1/s1. The molecule has 0 fully saturated rings. The van der Waals surface area contributed by atoms with E-state index in [2.05, 4.69) is 0 Å². The summed E-state index contributed by atoms with van der Waals surface area (Å²) >= 11 is 0. The zero-order valence-electron chi connectivity index (χ0n) is 8.51. The van der Waals surface area contributed by atoms with E-state index in [0.29, 0.717) is 0 Å². The Hall–Kier alpha value is -1.30. The number of hydrogen-bond acceptors (Lipinski definition) is 2. The fourth-order valence-electron chi connectivity index (χ4n) is 1.29. The molecule has 6 heteroatoms. The van der Waals surface area contributed by atoms with Crippen LogP contribution in [0.2, 0.25) is 0 Å². The number of ether oxygens (including phenoxy) is 1. The maximum absolute atomic E-state index is 13.3. The molecule has 1 rings (SSSR count). The smallest absolute Gasteiger partial charge is 0.390 e. The minimum absolute atomic E-state index is 0.168. The fraction of sp³-hybridized carbons (Fsp3) is 0.400. The van der Waals surface area contributed by atoms with Gasteiger partial charge in [-0.3, -0.25) is 0 Å². The molecule has 0 aliphatic carbocycles. The number of benzene rings is 1. The molecule has 0 amide bonds. The van der Waals surface area contributed by atoms with E-state index in [9.17, 15) is 17.6 Å². The lowest BCUT2D eigenvalue weighted by Crippen LogP contribution is -2.21. The molecule has 0 aromatic heterocycles. The third-order valence-corrected chi connectivity index (χ3v) is 2.06. The van der Waals surface area contributed by atoms with E-state index in [-0.39, 0.29) is 11.3 Å². The Balaban J connectivity index is 2.88. The van der Waals surface area contributed by atoms with Crippen LogP contribution in [0, 0.1) is 5.82 Å². The van der Waals surface area contributed by atoms with Crippen molar-refractivity contribution in [2.75, 3.05) is 7.11 Å². The Morgan fingerprint density at radius 3 is 2.44 bits per heavy atom. The molecule has 16 heavy (non-hydrogen) atoms. The molecule has 0 saturated heterocycles. The van der Waals surface area contributed by atoms with Gasteiger partial charge < -0.3 is 10.5 Å². The van der Waals surface area contributed by atoms with Gasteiger partial charge in [0.1, 0.15) is 11.6 Å². The number of hydrogen-bond donors (Lipinski definition) is 1. The van der Waals surface area contributed by atoms with Crippen LogP contribution in [0.4, 0.5) is 17.6 Å². The van der Waals surface area contributed by atoms with Gasteiger partial charge in [0, 0.05) is 17.7 Å². The molecule has 0 radical (unpaired) electrons. The average Bonchev–Trinajstić information content (AvgIpc) is 2.14. The van der Waals surface area contributed by atoms with Gasteiger partial charge in [-0.25, -0.2) is 4.39 Å². The Morgan fingerprint density at radius 2 is 2.00 bits per heavy atom. The fourth-order valence-corrected chi connectivity index (χ4v) is 1.29. The molecule has 0 unspecified atom stereocenters. The maximum atomic E-state index is 13.3. The van der Waals surface area contributed by atoms with Crippen molar-refractivity contribution in [1.29, 1.82) is 0 Å². The maximum Gasteiger partial charge on any atom is 0.390 e. The Morgan fingerprint density at radius 1 is 1.38 bits per heavy atom. The van der Waals surface area contributed by atoms with Crippen LogP contribution < -0.4 is 10.5 Å². The van der Waals surface area contributed by atoms with Gasteiger partial charge in [0.25, 0.3) is 0 Å². The molecule has 0 saturated carbocycles. The number of alkyl halides is 3. The number of nitrogens with two attached hydrogens (primary N) is 1. The summed E-state index contributed by atoms with van der Waals surface area (Å²) in [5.74, 6) is -0.559. The van der Waals surface area contributed by atoms with Crippen LogP contribution in [-0.2, 0) is 0 Å². The largest absolute Gasteiger partial charge is 0.497 e. The number of rotatable bonds is 3. The molecule has 0 aliphatic heterocycles. The summed E-state index contributed by atoms with van der Waals surface area (Å²) in [5, 5.41) is 0. The van der Waals surface area contributed by atoms with Crippen molar-refractivity contribution in [3.63, 3.8) is 0 Å². The highest BCUT2D eigenvalue weighted by molar-refractivity contribution is 5.30. The first-order chi connectivity index (χ1) is 7.33. The van der Waals surface area contributed by atoms with E-state index in [1.807, 2.05) is 0 Å². The molecule has 0 spiro atoms. The first kappa shape index (κ1) is 12.8. The van der Waals surface area contributed by atoms with Gasteiger partial charge in [0.2, 0.25) is 0 Å². The predicted molar refractivity (Wildman–Crippen MR) is 50.6 cm³/mol. The zero-order valence-corrected chi connectivity index (χ0v) is 8.51. The lowest BCUT2D eigenvalue weighted by molar-refractivity contribution is -0.138. The quantitative estimate of drug-likeness (QED) is 0.820. The van der Waals surface area contributed by atoms with Crippen LogP contribution in [0.1, 0.15) is 18.0 Å². The normalized spacial score (nSPS) is 13.6. The number of methoxy groups -OCH3 is 1. The van der Waals surface area contributed by atoms with Gasteiger partial charge in [0.05, 0.1) is 13.5 Å². The molecular weight excluding hydrogens is 226 g/mol. The summed E-state index contributed by atoms with van der Waals surface area (Å²) < 4.78 is 54.2. The summed E-state index contributed by atoms with van der Waals surface area (Å²) in [6.45, 7) is 0. The topological polar surface area (TPSA) is 35.2 Å². The van der Waals surface area contributed by atoms with Gasteiger partial charge in [-0.05, 0) is 6.07 Å². The van der Waals surface area contributed by atoms with Crippen molar-refractivity contribution in [2.24, 2.45) is 5.73 Å². The van der Waals surface area contributed by atoms with Crippen LogP contribution in [0.5, 0.6) is 5.75 Å². The summed E-state index contributed by atoms with van der Waals surface area (Å²) in [6.07, 6.45) is -5.66. The minimum Gasteiger partial charge on any atom is -0.497 e. The molecule has 0 bridgehead atoms. The zero-order chi connectivity index (χ0) is 12.3. The second-order valence-corrected chi connectivity index (χ2v) is 3.31. The van der Waals surface area contributed by atoms with E-state index in [1.165, 1.54) is 19.2 Å². The van der Waals surface area contributed by atoms with Crippen molar-refractivity contribution in [1.82, 2.24) is 0 Å². The monoisotopic (exact) mass is 237 g/mol. The van der Waals surface area contributed by atoms with Crippen LogP contribution in [0.15, 0.2) is 18.2 Å². The van der Waals surface area contributed by atoms with Crippen molar-refractivity contribution in [2.45, 2.75) is 18.6 Å². The van der Waals surface area contributed by atoms with E-state index in [1.54, 1.807) is 0 Å². The molecular formula is C10H11F4NO. The molecule has 1 aromatic rings. The molecule has 2 N–H and O–H groups in total. The van der Waals surface area contributed by atoms with E-state index < -0.39 is 24.5 Å². The van der Waals surface area contributed by atoms with Crippen molar-refractivity contribution < 1.29 is 22.3 Å². The van der Waals surface area contributed by atoms with E-state index >= 15 is 0 Å². The molecule has 90 valence electrons. The molecule has 0 heterocycles. The summed E-state index contributed by atoms with van der Waals surface area (Å²) in [5.41, 5.74) is 5.10. The molecule has 0 aliphatic rings. The Bertz CT molecular complexity index is 364. The average molecular weight is 237 g/mol. The molecule has 1 atom stereocenters. The van der Waals surface area contributed by atoms with Crippen LogP contribution in [0.3, 0.4) is 0 Å². The highest BCUT2D eigenvalue weighted by atomic mass is 19.4.